The maximum atomic E-state index is 13.0. The van der Waals surface area contributed by atoms with Crippen LogP contribution in [0.25, 0.3) is 10.8 Å². The minimum atomic E-state index is -3.62. The van der Waals surface area contributed by atoms with Gasteiger partial charge < -0.3 is 21.7 Å². The molecule has 0 heterocycles. The zero-order chi connectivity index (χ0) is 29.9. The molecule has 10 heteroatoms. The van der Waals surface area contributed by atoms with E-state index in [1.807, 2.05) is 43.3 Å². The molecule has 9 nitrogen and oxygen atoms in total. The lowest BCUT2D eigenvalue weighted by Gasteiger charge is -2.17. The third-order valence-electron chi connectivity index (χ3n) is 7.17. The number of carbonyl (C=O) groups is 1. The van der Waals surface area contributed by atoms with Gasteiger partial charge in [0.25, 0.3) is 0 Å². The number of nitrogens with one attached hydrogen (secondary N) is 2. The Hall–Kier alpha value is -2.69. The summed E-state index contributed by atoms with van der Waals surface area (Å²) in [6, 6.07) is 11.1. The first kappa shape index (κ1) is 34.5. The van der Waals surface area contributed by atoms with Gasteiger partial charge in [-0.25, -0.2) is 13.1 Å². The van der Waals surface area contributed by atoms with E-state index in [-0.39, 0.29) is 5.96 Å². The van der Waals surface area contributed by atoms with E-state index in [1.54, 1.807) is 12.1 Å². The van der Waals surface area contributed by atoms with Gasteiger partial charge in [0.1, 0.15) is 5.78 Å². The van der Waals surface area contributed by atoms with Crippen molar-refractivity contribution in [2.24, 2.45) is 16.5 Å². The number of anilines is 1. The molecule has 6 N–H and O–H groups in total. The zero-order valence-corrected chi connectivity index (χ0v) is 26.0. The Morgan fingerprint density at radius 3 is 2.00 bits per heavy atom. The number of aliphatic imine (C=N–C) groups is 1. The van der Waals surface area contributed by atoms with Gasteiger partial charge in [-0.3, -0.25) is 9.79 Å². The number of hydrogen-bond donors (Lipinski definition) is 4. The number of unbranched alkanes of at least 4 members (excludes halogenated alkanes) is 8. The highest BCUT2D eigenvalue weighted by molar-refractivity contribution is 7.89. The van der Waals surface area contributed by atoms with Crippen molar-refractivity contribution in [3.8, 4) is 0 Å². The van der Waals surface area contributed by atoms with E-state index in [2.05, 4.69) is 15.0 Å². The molecule has 2 aromatic carbocycles. The monoisotopic (exact) mass is 588 g/mol. The van der Waals surface area contributed by atoms with Crippen molar-refractivity contribution < 1.29 is 13.2 Å². The van der Waals surface area contributed by atoms with Crippen molar-refractivity contribution in [3.05, 3.63) is 36.4 Å². The van der Waals surface area contributed by atoms with E-state index in [1.165, 1.54) is 32.1 Å². The third-order valence-corrected chi connectivity index (χ3v) is 8.69. The highest BCUT2D eigenvalue weighted by Gasteiger charge is 2.18. The number of guanidine groups is 1. The minimum Gasteiger partial charge on any atom is -0.377 e. The molecule has 0 radical (unpaired) electrons. The van der Waals surface area contributed by atoms with Crippen LogP contribution in [0.5, 0.6) is 0 Å². The van der Waals surface area contributed by atoms with Gasteiger partial charge in [-0.05, 0) is 57.3 Å². The zero-order valence-electron chi connectivity index (χ0n) is 25.2. The molecule has 0 saturated carbocycles. The fourth-order valence-electron chi connectivity index (χ4n) is 4.92. The highest BCUT2D eigenvalue weighted by Crippen LogP contribution is 2.30. The van der Waals surface area contributed by atoms with E-state index in [0.29, 0.717) is 43.0 Å². The van der Waals surface area contributed by atoms with Crippen molar-refractivity contribution in [2.75, 3.05) is 45.2 Å². The molecule has 0 aromatic heterocycles. The SMILES string of the molecule is CN(C)c1cccc2c(S(=O)(=O)NCCCCCC(=O)CCCCCCCCCNCCCN=C(N)N)cccc12. The number of sulfonamides is 1. The van der Waals surface area contributed by atoms with Crippen molar-refractivity contribution in [1.82, 2.24) is 10.0 Å². The van der Waals surface area contributed by atoms with Gasteiger partial charge in [0.2, 0.25) is 10.0 Å². The first-order valence-electron chi connectivity index (χ1n) is 15.2. The van der Waals surface area contributed by atoms with Crippen LogP contribution in [0.3, 0.4) is 0 Å². The van der Waals surface area contributed by atoms with E-state index >= 15 is 0 Å². The van der Waals surface area contributed by atoms with Crippen molar-refractivity contribution in [3.63, 3.8) is 0 Å². The number of benzene rings is 2. The van der Waals surface area contributed by atoms with Gasteiger partial charge in [0.05, 0.1) is 4.90 Å². The predicted octanol–water partition coefficient (Wildman–Crippen LogP) is 4.69. The molecule has 41 heavy (non-hydrogen) atoms. The molecule has 0 aliphatic rings. The Kier molecular flexibility index (Phi) is 16.4. The second-order valence-corrected chi connectivity index (χ2v) is 12.6. The summed E-state index contributed by atoms with van der Waals surface area (Å²) >= 11 is 0. The quantitative estimate of drug-likeness (QED) is 0.0838. The first-order chi connectivity index (χ1) is 19.7. The van der Waals surface area contributed by atoms with Crippen LogP contribution >= 0.6 is 0 Å². The minimum absolute atomic E-state index is 0.155. The predicted molar refractivity (Wildman–Crippen MR) is 172 cm³/mol. The number of carbonyl (C=O) groups excluding carboxylic acids is 1. The maximum absolute atomic E-state index is 13.0. The van der Waals surface area contributed by atoms with E-state index < -0.39 is 10.0 Å². The second kappa shape index (κ2) is 19.4. The van der Waals surface area contributed by atoms with E-state index in [0.717, 1.165) is 61.7 Å². The van der Waals surface area contributed by atoms with Crippen molar-refractivity contribution >= 4 is 38.2 Å². The molecule has 2 rings (SSSR count). The van der Waals surface area contributed by atoms with Crippen LogP contribution in [0.1, 0.15) is 83.5 Å². The van der Waals surface area contributed by atoms with Gasteiger partial charge >= 0.3 is 0 Å². The standard InChI is InChI=1S/C31H52N6O3S/c1-37(2)29-20-13-19-28-27(29)18-14-21-30(28)41(39,40)36-25-12-8-10-17-26(38)16-9-6-4-3-5-7-11-22-34-23-15-24-35-31(32)33/h13-14,18-21,34,36H,3-12,15-17,22-25H2,1-2H3,(H4,32,33,35). The number of nitrogens with two attached hydrogens (primary N) is 2. The molecule has 0 atom stereocenters. The normalized spacial score (nSPS) is 11.6. The van der Waals surface area contributed by atoms with Crippen molar-refractivity contribution in [1.29, 1.82) is 0 Å². The number of fused-ring (bicyclic) bond motifs is 1. The molecule has 0 unspecified atom stereocenters. The average molecular weight is 589 g/mol. The summed E-state index contributed by atoms with van der Waals surface area (Å²) in [6.07, 6.45) is 12.7. The molecule has 0 amide bonds. The Bertz CT molecular complexity index is 1180. The molecule has 230 valence electrons. The first-order valence-corrected chi connectivity index (χ1v) is 16.7. The van der Waals surface area contributed by atoms with Crippen LogP contribution in [0.2, 0.25) is 0 Å². The van der Waals surface area contributed by atoms with Gasteiger partial charge in [-0.15, -0.1) is 0 Å². The third kappa shape index (κ3) is 13.7. The van der Waals surface area contributed by atoms with Crippen LogP contribution in [0.4, 0.5) is 5.69 Å². The number of hydrogen-bond acceptors (Lipinski definition) is 6. The summed E-state index contributed by atoms with van der Waals surface area (Å²) in [5.41, 5.74) is 11.6. The molecule has 0 aliphatic heterocycles. The van der Waals surface area contributed by atoms with Crippen LogP contribution in [0, 0.1) is 0 Å². The van der Waals surface area contributed by atoms with Gasteiger partial charge in [0.15, 0.2) is 5.96 Å². The Morgan fingerprint density at radius 2 is 1.32 bits per heavy atom. The van der Waals surface area contributed by atoms with E-state index in [9.17, 15) is 13.2 Å². The van der Waals surface area contributed by atoms with Crippen LogP contribution in [0.15, 0.2) is 46.3 Å². The summed E-state index contributed by atoms with van der Waals surface area (Å²) in [5, 5.41) is 5.05. The van der Waals surface area contributed by atoms with Crippen LogP contribution < -0.4 is 26.4 Å². The molecule has 2 aromatic rings. The average Bonchev–Trinajstić information content (AvgIpc) is 2.94. The fourth-order valence-corrected chi connectivity index (χ4v) is 6.21. The Labute approximate surface area is 247 Å². The Balaban J connectivity index is 1.48. The lowest BCUT2D eigenvalue weighted by Crippen LogP contribution is -2.25. The summed E-state index contributed by atoms with van der Waals surface area (Å²) in [5.74, 6) is 0.478. The molecule has 0 fully saturated rings. The number of rotatable bonds is 23. The van der Waals surface area contributed by atoms with E-state index in [4.69, 9.17) is 11.5 Å². The van der Waals surface area contributed by atoms with Gasteiger partial charge in [-0.1, -0.05) is 62.8 Å². The lowest BCUT2D eigenvalue weighted by molar-refractivity contribution is -0.119. The van der Waals surface area contributed by atoms with Crippen molar-refractivity contribution in [2.45, 2.75) is 88.4 Å². The molecule has 0 saturated heterocycles. The summed E-state index contributed by atoms with van der Waals surface area (Å²) in [4.78, 5) is 18.5. The van der Waals surface area contributed by atoms with Crippen LogP contribution in [-0.2, 0) is 14.8 Å². The maximum Gasteiger partial charge on any atom is 0.241 e. The summed E-state index contributed by atoms with van der Waals surface area (Å²) in [6.45, 7) is 3.01. The number of Topliss-reactive ketones (excluding diaryl/α,β-unsaturated/α-hetero) is 1. The smallest absolute Gasteiger partial charge is 0.241 e. The summed E-state index contributed by atoms with van der Waals surface area (Å²) < 4.78 is 28.7. The van der Waals surface area contributed by atoms with Gasteiger partial charge in [-0.2, -0.15) is 0 Å². The summed E-state index contributed by atoms with van der Waals surface area (Å²) in [7, 11) is 0.282. The number of ketones is 1. The Morgan fingerprint density at radius 1 is 0.756 bits per heavy atom. The second-order valence-electron chi connectivity index (χ2n) is 10.9. The molecule has 0 aliphatic carbocycles. The number of nitrogens with zero attached hydrogens (tertiary/aromatic N) is 2. The van der Waals surface area contributed by atoms with Gasteiger partial charge in [0, 0.05) is 56.5 Å². The largest absolute Gasteiger partial charge is 0.377 e. The molecular weight excluding hydrogens is 536 g/mol. The highest BCUT2D eigenvalue weighted by atomic mass is 32.2. The van der Waals surface area contributed by atoms with Crippen LogP contribution in [-0.4, -0.2) is 60.4 Å². The molecule has 0 spiro atoms. The fraction of sp³-hybridized carbons (Fsp3) is 0.613. The lowest BCUT2D eigenvalue weighted by atomic mass is 10.0. The molecule has 0 bridgehead atoms. The topological polar surface area (TPSA) is 143 Å². The molecular formula is C31H52N6O3S.